The van der Waals surface area contributed by atoms with E-state index in [0.29, 0.717) is 23.7 Å². The Morgan fingerprint density at radius 1 is 1.37 bits per heavy atom. The van der Waals surface area contributed by atoms with Gasteiger partial charge in [0.25, 0.3) is 0 Å². The molecule has 162 valence electrons. The molecule has 7 heteroatoms. The van der Waals surface area contributed by atoms with Gasteiger partial charge in [-0.05, 0) is 61.9 Å². The van der Waals surface area contributed by atoms with Crippen molar-refractivity contribution in [3.05, 3.63) is 33.3 Å². The van der Waals surface area contributed by atoms with Gasteiger partial charge < -0.3 is 14.8 Å². The molecule has 0 aromatic heterocycles. The molecular formula is C23H27Cl2NO4. The number of methoxy groups -OCH3 is 1. The number of hydrogen-bond donors (Lipinski definition) is 1. The monoisotopic (exact) mass is 451 g/mol. The summed E-state index contributed by atoms with van der Waals surface area (Å²) in [4.78, 5) is 24.6. The van der Waals surface area contributed by atoms with E-state index < -0.39 is 12.1 Å². The molecule has 0 amide bonds. The Balaban J connectivity index is 1.72. The highest BCUT2D eigenvalue weighted by Gasteiger charge is 2.45. The maximum Gasteiger partial charge on any atom is 0.347 e. The molecule has 1 saturated heterocycles. The van der Waals surface area contributed by atoms with Gasteiger partial charge in [0.1, 0.15) is 10.8 Å². The second-order valence-electron chi connectivity index (χ2n) is 8.54. The maximum absolute atomic E-state index is 12.5. The zero-order valence-electron chi connectivity index (χ0n) is 17.4. The van der Waals surface area contributed by atoms with Crippen LogP contribution >= 0.6 is 23.2 Å². The van der Waals surface area contributed by atoms with Crippen LogP contribution < -0.4 is 10.1 Å². The maximum atomic E-state index is 12.5. The van der Waals surface area contributed by atoms with Gasteiger partial charge in [0.2, 0.25) is 0 Å². The lowest BCUT2D eigenvalue weighted by Crippen LogP contribution is -2.44. The molecule has 1 aromatic carbocycles. The van der Waals surface area contributed by atoms with Gasteiger partial charge >= 0.3 is 5.97 Å². The molecule has 2 aliphatic carbocycles. The number of ether oxygens (including phenoxy) is 2. The van der Waals surface area contributed by atoms with Crippen molar-refractivity contribution in [3.63, 3.8) is 0 Å². The number of esters is 1. The van der Waals surface area contributed by atoms with Gasteiger partial charge in [-0.25, -0.2) is 4.79 Å². The van der Waals surface area contributed by atoms with Crippen LogP contribution in [0.4, 0.5) is 0 Å². The minimum atomic E-state index is -0.751. The number of carbonyl (C=O) groups is 2. The van der Waals surface area contributed by atoms with E-state index in [9.17, 15) is 9.59 Å². The van der Waals surface area contributed by atoms with E-state index in [1.807, 2.05) is 6.07 Å². The van der Waals surface area contributed by atoms with Gasteiger partial charge in [-0.3, -0.25) is 4.79 Å². The number of fused-ring (bicyclic) bond motifs is 3. The van der Waals surface area contributed by atoms with Gasteiger partial charge in [0, 0.05) is 29.9 Å². The van der Waals surface area contributed by atoms with Crippen LogP contribution in [0.15, 0.2) is 12.1 Å². The van der Waals surface area contributed by atoms with Gasteiger partial charge in [-0.15, -0.1) is 0 Å². The lowest BCUT2D eigenvalue weighted by molar-refractivity contribution is -0.151. The quantitative estimate of drug-likeness (QED) is 0.661. The first-order valence-corrected chi connectivity index (χ1v) is 11.4. The molecule has 3 atom stereocenters. The number of hydrogen-bond acceptors (Lipinski definition) is 5. The summed E-state index contributed by atoms with van der Waals surface area (Å²) >= 11 is 13.3. The van der Waals surface area contributed by atoms with Crippen LogP contribution in [0.5, 0.6) is 5.75 Å². The van der Waals surface area contributed by atoms with Crippen LogP contribution in [0.25, 0.3) is 5.57 Å². The van der Waals surface area contributed by atoms with E-state index in [-0.39, 0.29) is 22.1 Å². The van der Waals surface area contributed by atoms with Crippen molar-refractivity contribution in [1.82, 2.24) is 5.32 Å². The van der Waals surface area contributed by atoms with E-state index in [1.165, 1.54) is 7.11 Å². The van der Waals surface area contributed by atoms with Crippen molar-refractivity contribution in [2.75, 3.05) is 20.2 Å². The Bertz CT molecular complexity index is 907. The molecule has 4 rings (SSSR count). The second-order valence-corrected chi connectivity index (χ2v) is 9.30. The van der Waals surface area contributed by atoms with Crippen molar-refractivity contribution in [3.8, 4) is 5.75 Å². The predicted octanol–water partition coefficient (Wildman–Crippen LogP) is 4.61. The van der Waals surface area contributed by atoms with E-state index >= 15 is 0 Å². The number of benzene rings is 1. The van der Waals surface area contributed by atoms with Gasteiger partial charge in [-0.2, -0.15) is 0 Å². The van der Waals surface area contributed by atoms with Gasteiger partial charge in [0.15, 0.2) is 11.9 Å². The minimum absolute atomic E-state index is 0.000749. The Hall–Kier alpha value is -1.56. The second kappa shape index (κ2) is 8.52. The number of rotatable bonds is 5. The summed E-state index contributed by atoms with van der Waals surface area (Å²) in [5.74, 6) is 0.116. The molecule has 3 unspecified atom stereocenters. The largest absolute Gasteiger partial charge is 0.477 e. The molecule has 1 N–H and O–H groups in total. The van der Waals surface area contributed by atoms with Crippen molar-refractivity contribution in [2.45, 2.75) is 51.6 Å². The lowest BCUT2D eigenvalue weighted by atomic mass is 9.71. The Labute approximate surface area is 187 Å². The average molecular weight is 452 g/mol. The normalized spacial score (nSPS) is 26.5. The third-order valence-corrected chi connectivity index (χ3v) is 7.76. The predicted molar refractivity (Wildman–Crippen MR) is 117 cm³/mol. The molecule has 3 aliphatic rings. The molecular weight excluding hydrogens is 425 g/mol. The first kappa shape index (κ1) is 21.7. The number of allylic oxidation sites excluding steroid dienone is 2. The van der Waals surface area contributed by atoms with Crippen molar-refractivity contribution in [2.24, 2.45) is 11.3 Å². The fraction of sp³-hybridized carbons (Fsp3) is 0.565. The molecule has 0 saturated carbocycles. The summed E-state index contributed by atoms with van der Waals surface area (Å²) in [5, 5.41) is 3.98. The number of halogens is 2. The molecule has 1 aliphatic heterocycles. The lowest BCUT2D eigenvalue weighted by Gasteiger charge is -2.32. The fourth-order valence-corrected chi connectivity index (χ4v) is 5.67. The molecule has 0 bridgehead atoms. The molecule has 0 radical (unpaired) electrons. The first-order valence-electron chi connectivity index (χ1n) is 10.6. The van der Waals surface area contributed by atoms with E-state index in [1.54, 1.807) is 6.08 Å². The topological polar surface area (TPSA) is 64.6 Å². The van der Waals surface area contributed by atoms with Crippen LogP contribution in [0, 0.1) is 11.3 Å². The summed E-state index contributed by atoms with van der Waals surface area (Å²) in [7, 11) is 1.37. The van der Waals surface area contributed by atoms with Crippen LogP contribution in [-0.4, -0.2) is 38.1 Å². The number of ketones is 1. The molecule has 1 aromatic rings. The SMILES string of the molecule is CCC12CCC(=O)C=C1c1c(cc(OC(C(=O)OC)C3CCCNC3)c(Cl)c1Cl)C2. The summed E-state index contributed by atoms with van der Waals surface area (Å²) in [6, 6.07) is 1.90. The van der Waals surface area contributed by atoms with Crippen LogP contribution in [0.2, 0.25) is 10.0 Å². The highest BCUT2D eigenvalue weighted by molar-refractivity contribution is 6.44. The standard InChI is InChI=1S/C23H27Cl2NO4/c1-3-23-7-6-15(27)10-16(23)18-14(11-23)9-17(19(24)20(18)25)30-21(22(28)29-2)13-5-4-8-26-12-13/h9-10,13,21,26H,3-8,11-12H2,1-2H3. The molecule has 30 heavy (non-hydrogen) atoms. The summed E-state index contributed by atoms with van der Waals surface area (Å²) in [6.45, 7) is 3.76. The van der Waals surface area contributed by atoms with Crippen molar-refractivity contribution >= 4 is 40.5 Å². The summed E-state index contributed by atoms with van der Waals surface area (Å²) in [6.07, 6.45) is 5.91. The average Bonchev–Trinajstić information content (AvgIpc) is 3.09. The Kier molecular flexibility index (Phi) is 6.16. The smallest absolute Gasteiger partial charge is 0.347 e. The van der Waals surface area contributed by atoms with E-state index in [4.69, 9.17) is 32.7 Å². The minimum Gasteiger partial charge on any atom is -0.477 e. The van der Waals surface area contributed by atoms with Crippen LogP contribution in [-0.2, 0) is 20.7 Å². The van der Waals surface area contributed by atoms with Crippen molar-refractivity contribution in [1.29, 1.82) is 0 Å². The van der Waals surface area contributed by atoms with E-state index in [2.05, 4.69) is 12.2 Å². The zero-order chi connectivity index (χ0) is 21.5. The third-order valence-electron chi connectivity index (χ3n) is 6.91. The molecule has 1 fully saturated rings. The highest BCUT2D eigenvalue weighted by atomic mass is 35.5. The Morgan fingerprint density at radius 3 is 2.83 bits per heavy atom. The summed E-state index contributed by atoms with van der Waals surface area (Å²) < 4.78 is 11.2. The number of piperidine rings is 1. The number of nitrogens with one attached hydrogen (secondary N) is 1. The first-order chi connectivity index (χ1) is 14.4. The van der Waals surface area contributed by atoms with Crippen LogP contribution in [0.3, 0.4) is 0 Å². The molecule has 1 heterocycles. The Morgan fingerprint density at radius 2 is 2.17 bits per heavy atom. The zero-order valence-corrected chi connectivity index (χ0v) is 18.9. The van der Waals surface area contributed by atoms with Crippen molar-refractivity contribution < 1.29 is 19.1 Å². The van der Waals surface area contributed by atoms with E-state index in [0.717, 1.165) is 55.3 Å². The van der Waals surface area contributed by atoms with Crippen LogP contribution in [0.1, 0.15) is 50.2 Å². The van der Waals surface area contributed by atoms with Gasteiger partial charge in [0.05, 0.1) is 12.1 Å². The molecule has 5 nitrogen and oxygen atoms in total. The highest BCUT2D eigenvalue weighted by Crippen LogP contribution is 2.57. The summed E-state index contributed by atoms with van der Waals surface area (Å²) in [5.41, 5.74) is 2.79. The fourth-order valence-electron chi connectivity index (χ4n) is 5.16. The molecule has 0 spiro atoms. The third kappa shape index (κ3) is 3.65. The number of carbonyl (C=O) groups excluding carboxylic acids is 2. The van der Waals surface area contributed by atoms with Gasteiger partial charge in [-0.1, -0.05) is 30.1 Å².